The first-order valence-corrected chi connectivity index (χ1v) is 8.48. The molecule has 1 aromatic heterocycles. The number of furan rings is 1. The number of benzene rings is 1. The predicted molar refractivity (Wildman–Crippen MR) is 94.3 cm³/mol. The first kappa shape index (κ1) is 17.2. The smallest absolute Gasteiger partial charge is 0.237 e. The number of hydrogen-bond donors (Lipinski definition) is 2. The zero-order chi connectivity index (χ0) is 17.8. The number of nitrogens with zero attached hydrogens (tertiary/aromatic N) is 2. The second-order valence-corrected chi connectivity index (χ2v) is 6.26. The van der Waals surface area contributed by atoms with Crippen LogP contribution in [0.15, 0.2) is 40.8 Å². The summed E-state index contributed by atoms with van der Waals surface area (Å²) in [5, 5.41) is 12.1. The Kier molecular flexibility index (Phi) is 5.17. The fourth-order valence-corrected chi connectivity index (χ4v) is 3.28. The number of nitriles is 1. The molecule has 1 aromatic carbocycles. The average Bonchev–Trinajstić information content (AvgIpc) is 3.22. The highest BCUT2D eigenvalue weighted by atomic mass is 16.3. The van der Waals surface area contributed by atoms with Gasteiger partial charge in [-0.05, 0) is 37.6 Å². The Labute approximate surface area is 147 Å². The van der Waals surface area contributed by atoms with Crippen molar-refractivity contribution < 1.29 is 9.21 Å². The van der Waals surface area contributed by atoms with Crippen molar-refractivity contribution in [3.8, 4) is 17.4 Å². The van der Waals surface area contributed by atoms with E-state index in [0.717, 1.165) is 11.3 Å². The molecule has 6 heteroatoms. The lowest BCUT2D eigenvalue weighted by atomic mass is 10.1. The third-order valence-corrected chi connectivity index (χ3v) is 4.42. The summed E-state index contributed by atoms with van der Waals surface area (Å²) in [7, 11) is 0. The van der Waals surface area contributed by atoms with Crippen LogP contribution in [0.2, 0.25) is 0 Å². The van der Waals surface area contributed by atoms with E-state index in [9.17, 15) is 10.1 Å². The molecule has 0 unspecified atom stereocenters. The van der Waals surface area contributed by atoms with Gasteiger partial charge >= 0.3 is 0 Å². The zero-order valence-electron chi connectivity index (χ0n) is 14.2. The molecule has 25 heavy (non-hydrogen) atoms. The number of nitrogens with one attached hydrogen (secondary N) is 1. The van der Waals surface area contributed by atoms with Crippen LogP contribution in [-0.2, 0) is 11.3 Å². The molecule has 2 aromatic rings. The fraction of sp³-hybridized carbons (Fsp3) is 0.368. The van der Waals surface area contributed by atoms with Crippen LogP contribution in [-0.4, -0.2) is 36.0 Å². The zero-order valence-corrected chi connectivity index (χ0v) is 14.2. The van der Waals surface area contributed by atoms with E-state index in [1.165, 1.54) is 0 Å². The molecule has 1 aliphatic heterocycles. The van der Waals surface area contributed by atoms with Crippen LogP contribution in [0.1, 0.15) is 24.7 Å². The van der Waals surface area contributed by atoms with E-state index >= 15 is 0 Å². The van der Waals surface area contributed by atoms with Gasteiger partial charge in [0.2, 0.25) is 5.91 Å². The van der Waals surface area contributed by atoms with Crippen molar-refractivity contribution in [2.75, 3.05) is 13.1 Å². The highest BCUT2D eigenvalue weighted by molar-refractivity contribution is 5.82. The van der Waals surface area contributed by atoms with E-state index in [1.54, 1.807) is 6.07 Å². The van der Waals surface area contributed by atoms with Crippen LogP contribution in [0.25, 0.3) is 11.3 Å². The van der Waals surface area contributed by atoms with Gasteiger partial charge in [0.05, 0.1) is 24.2 Å². The van der Waals surface area contributed by atoms with Crippen molar-refractivity contribution in [2.24, 2.45) is 5.73 Å². The van der Waals surface area contributed by atoms with Crippen LogP contribution < -0.4 is 11.1 Å². The summed E-state index contributed by atoms with van der Waals surface area (Å²) in [4.78, 5) is 14.3. The van der Waals surface area contributed by atoms with Gasteiger partial charge in [-0.15, -0.1) is 0 Å². The van der Waals surface area contributed by atoms with Crippen molar-refractivity contribution in [3.05, 3.63) is 47.7 Å². The molecule has 1 aliphatic rings. The number of carbonyl (C=O) groups excluding carboxylic acids is 1. The molecular formula is C19H22N4O2. The normalized spacial score (nSPS) is 20.4. The van der Waals surface area contributed by atoms with Gasteiger partial charge in [0.25, 0.3) is 0 Å². The second kappa shape index (κ2) is 7.51. The monoisotopic (exact) mass is 338 g/mol. The molecular weight excluding hydrogens is 316 g/mol. The fourth-order valence-electron chi connectivity index (χ4n) is 3.28. The molecule has 1 amide bonds. The van der Waals surface area contributed by atoms with Crippen LogP contribution in [0.4, 0.5) is 0 Å². The summed E-state index contributed by atoms with van der Waals surface area (Å²) in [6, 6.07) is 13.0. The van der Waals surface area contributed by atoms with Crippen molar-refractivity contribution >= 4 is 5.91 Å². The number of rotatable bonds is 5. The van der Waals surface area contributed by atoms with Crippen molar-refractivity contribution in [1.82, 2.24) is 10.2 Å². The van der Waals surface area contributed by atoms with Gasteiger partial charge in [0, 0.05) is 24.7 Å². The van der Waals surface area contributed by atoms with Crippen LogP contribution >= 0.6 is 0 Å². The van der Waals surface area contributed by atoms with Crippen LogP contribution in [0.3, 0.4) is 0 Å². The van der Waals surface area contributed by atoms with E-state index in [1.807, 2.05) is 37.3 Å². The molecule has 0 bridgehead atoms. The molecule has 0 spiro atoms. The van der Waals surface area contributed by atoms with Gasteiger partial charge in [-0.1, -0.05) is 12.1 Å². The van der Waals surface area contributed by atoms with E-state index in [-0.39, 0.29) is 18.0 Å². The minimum atomic E-state index is -0.227. The Morgan fingerprint density at radius 3 is 2.96 bits per heavy atom. The number of likely N-dealkylation sites (tertiary alicyclic amines) is 1. The van der Waals surface area contributed by atoms with Crippen molar-refractivity contribution in [3.63, 3.8) is 0 Å². The van der Waals surface area contributed by atoms with Crippen LogP contribution in [0, 0.1) is 11.3 Å². The number of likely N-dealkylation sites (N-methyl/N-ethyl adjacent to an activating group) is 1. The summed E-state index contributed by atoms with van der Waals surface area (Å²) >= 11 is 0. The number of nitrogens with two attached hydrogens (primary N) is 1. The molecule has 0 radical (unpaired) electrons. The van der Waals surface area contributed by atoms with Crippen molar-refractivity contribution in [1.29, 1.82) is 5.26 Å². The standard InChI is InChI=1S/C19H22N4O2/c1-2-22-19(24)17-9-14(21)11-23(17)12-15-7-8-18(25-15)16-6-4-3-5-13(16)10-20/h3-8,14,17H,2,9,11-12,21H2,1H3,(H,22,24)/t14-,17+/m1/s1. The number of hydrogen-bond acceptors (Lipinski definition) is 5. The largest absolute Gasteiger partial charge is 0.460 e. The third kappa shape index (κ3) is 3.73. The van der Waals surface area contributed by atoms with Crippen molar-refractivity contribution in [2.45, 2.75) is 32.0 Å². The van der Waals surface area contributed by atoms with Gasteiger partial charge in [-0.3, -0.25) is 9.69 Å². The first-order chi connectivity index (χ1) is 12.1. The maximum atomic E-state index is 12.2. The Balaban J connectivity index is 1.77. The number of amides is 1. The summed E-state index contributed by atoms with van der Waals surface area (Å²) in [6.45, 7) is 3.69. The molecule has 3 rings (SSSR count). The molecule has 1 saturated heterocycles. The minimum absolute atomic E-state index is 0.0112. The van der Waals surface area contributed by atoms with Gasteiger partial charge in [-0.2, -0.15) is 5.26 Å². The van der Waals surface area contributed by atoms with E-state index in [0.29, 0.717) is 37.4 Å². The highest BCUT2D eigenvalue weighted by Gasteiger charge is 2.35. The van der Waals surface area contributed by atoms with E-state index in [2.05, 4.69) is 16.3 Å². The first-order valence-electron chi connectivity index (χ1n) is 8.48. The average molecular weight is 338 g/mol. The quantitative estimate of drug-likeness (QED) is 0.867. The molecule has 0 saturated carbocycles. The maximum Gasteiger partial charge on any atom is 0.237 e. The Morgan fingerprint density at radius 1 is 1.40 bits per heavy atom. The maximum absolute atomic E-state index is 12.2. The third-order valence-electron chi connectivity index (χ3n) is 4.42. The lowest BCUT2D eigenvalue weighted by molar-refractivity contribution is -0.125. The molecule has 3 N–H and O–H groups in total. The topological polar surface area (TPSA) is 95.3 Å². The van der Waals surface area contributed by atoms with Gasteiger partial charge in [-0.25, -0.2) is 0 Å². The highest BCUT2D eigenvalue weighted by Crippen LogP contribution is 2.27. The molecule has 1 fully saturated rings. The lowest BCUT2D eigenvalue weighted by Crippen LogP contribution is -2.42. The van der Waals surface area contributed by atoms with E-state index < -0.39 is 0 Å². The van der Waals surface area contributed by atoms with Gasteiger partial charge < -0.3 is 15.5 Å². The summed E-state index contributed by atoms with van der Waals surface area (Å²) in [6.07, 6.45) is 0.649. The molecule has 0 aliphatic carbocycles. The SMILES string of the molecule is CCNC(=O)[C@@H]1C[C@@H](N)CN1Cc1ccc(-c2ccccc2C#N)o1. The molecule has 2 atom stereocenters. The van der Waals surface area contributed by atoms with Gasteiger partial charge in [0.15, 0.2) is 0 Å². The van der Waals surface area contributed by atoms with E-state index in [4.69, 9.17) is 10.2 Å². The molecule has 130 valence electrons. The lowest BCUT2D eigenvalue weighted by Gasteiger charge is -2.22. The number of carbonyl (C=O) groups is 1. The van der Waals surface area contributed by atoms with Crippen LogP contribution in [0.5, 0.6) is 0 Å². The Morgan fingerprint density at radius 2 is 2.20 bits per heavy atom. The summed E-state index contributed by atoms with van der Waals surface area (Å²) < 4.78 is 5.93. The Bertz CT molecular complexity index is 793. The minimum Gasteiger partial charge on any atom is -0.460 e. The van der Waals surface area contributed by atoms with Gasteiger partial charge in [0.1, 0.15) is 11.5 Å². The summed E-state index contributed by atoms with van der Waals surface area (Å²) in [5.41, 5.74) is 7.40. The molecule has 6 nitrogen and oxygen atoms in total. The molecule has 2 heterocycles. The predicted octanol–water partition coefficient (Wildman–Crippen LogP) is 1.86. The second-order valence-electron chi connectivity index (χ2n) is 6.26. The summed E-state index contributed by atoms with van der Waals surface area (Å²) in [5.74, 6) is 1.42. The Hall–Kier alpha value is -2.62.